The molecule has 0 saturated heterocycles. The van der Waals surface area contributed by atoms with Crippen LogP contribution in [0.25, 0.3) is 0 Å². The normalized spacial score (nSPS) is 12.5. The molecule has 0 saturated carbocycles. The second kappa shape index (κ2) is 8.01. The largest absolute Gasteiger partial charge is 0.350 e. The predicted molar refractivity (Wildman–Crippen MR) is 96.4 cm³/mol. The predicted octanol–water partition coefficient (Wildman–Crippen LogP) is 3.09. The van der Waals surface area contributed by atoms with E-state index in [0.29, 0.717) is 10.6 Å². The van der Waals surface area contributed by atoms with E-state index in [2.05, 4.69) is 5.32 Å². The Labute approximate surface area is 155 Å². The van der Waals surface area contributed by atoms with Crippen LogP contribution in [0.2, 0.25) is 5.02 Å². The number of amides is 1. The zero-order valence-corrected chi connectivity index (χ0v) is 15.6. The lowest BCUT2D eigenvalue weighted by molar-refractivity contribution is -0.122. The molecule has 0 radical (unpaired) electrons. The molecule has 5 nitrogen and oxygen atoms in total. The number of hydrogen-bond acceptors (Lipinski definition) is 3. The summed E-state index contributed by atoms with van der Waals surface area (Å²) >= 11 is 6.02. The molecule has 1 N–H and O–H groups in total. The minimum Gasteiger partial charge on any atom is -0.350 e. The van der Waals surface area contributed by atoms with E-state index in [0.717, 1.165) is 28.8 Å². The third-order valence-corrected chi connectivity index (χ3v) is 5.27. The van der Waals surface area contributed by atoms with Crippen molar-refractivity contribution < 1.29 is 22.0 Å². The molecule has 2 aromatic carbocycles. The van der Waals surface area contributed by atoms with Gasteiger partial charge in [-0.05, 0) is 30.7 Å². The van der Waals surface area contributed by atoms with Crippen LogP contribution < -0.4 is 9.62 Å². The summed E-state index contributed by atoms with van der Waals surface area (Å²) in [5.41, 5.74) is 0.514. The number of benzene rings is 2. The van der Waals surface area contributed by atoms with Gasteiger partial charge in [0.25, 0.3) is 0 Å². The molecule has 2 aromatic rings. The topological polar surface area (TPSA) is 66.5 Å². The molecule has 0 aromatic heterocycles. The number of carbonyl (C=O) groups excluding carboxylic acids is 1. The van der Waals surface area contributed by atoms with Gasteiger partial charge in [0.2, 0.25) is 15.9 Å². The van der Waals surface area contributed by atoms with Gasteiger partial charge in [0, 0.05) is 17.6 Å². The van der Waals surface area contributed by atoms with Crippen LogP contribution in [0.15, 0.2) is 42.5 Å². The van der Waals surface area contributed by atoms with Crippen molar-refractivity contribution in [3.63, 3.8) is 0 Å². The Morgan fingerprint density at radius 2 is 1.85 bits per heavy atom. The third kappa shape index (κ3) is 4.70. The number of nitrogens with one attached hydrogen (secondary N) is 1. The molecule has 0 aliphatic carbocycles. The van der Waals surface area contributed by atoms with Crippen molar-refractivity contribution in [3.8, 4) is 0 Å². The Kier molecular flexibility index (Phi) is 6.20. The van der Waals surface area contributed by atoms with Gasteiger partial charge in [-0.25, -0.2) is 17.2 Å². The fourth-order valence-corrected chi connectivity index (χ4v) is 3.77. The van der Waals surface area contributed by atoms with Crippen LogP contribution in [0.5, 0.6) is 0 Å². The van der Waals surface area contributed by atoms with Gasteiger partial charge in [0.15, 0.2) is 11.6 Å². The van der Waals surface area contributed by atoms with E-state index >= 15 is 0 Å². The van der Waals surface area contributed by atoms with Gasteiger partial charge < -0.3 is 5.32 Å². The highest BCUT2D eigenvalue weighted by molar-refractivity contribution is 7.92. The molecule has 140 valence electrons. The second-order valence-electron chi connectivity index (χ2n) is 5.64. The smallest absolute Gasteiger partial charge is 0.243 e. The molecule has 9 heteroatoms. The molecule has 0 aliphatic heterocycles. The van der Waals surface area contributed by atoms with Gasteiger partial charge in [-0.3, -0.25) is 9.10 Å². The number of rotatable bonds is 6. The molecule has 1 atom stereocenters. The summed E-state index contributed by atoms with van der Waals surface area (Å²) in [6, 6.07) is 8.32. The number of hydrogen-bond donors (Lipinski definition) is 1. The molecule has 0 spiro atoms. The Balaban J connectivity index is 2.23. The first-order chi connectivity index (χ1) is 12.1. The SMILES string of the molecule is C[C@@H](C(=O)NCc1ccccc1Cl)N(c1ccc(F)c(F)c1)S(C)(=O)=O. The van der Waals surface area contributed by atoms with Gasteiger partial charge in [0.1, 0.15) is 6.04 Å². The maximum absolute atomic E-state index is 13.5. The highest BCUT2D eigenvalue weighted by Crippen LogP contribution is 2.23. The molecule has 26 heavy (non-hydrogen) atoms. The molecule has 0 heterocycles. The van der Waals surface area contributed by atoms with Crippen molar-refractivity contribution in [2.24, 2.45) is 0 Å². The van der Waals surface area contributed by atoms with Crippen molar-refractivity contribution in [3.05, 3.63) is 64.7 Å². The quantitative estimate of drug-likeness (QED) is 0.807. The van der Waals surface area contributed by atoms with Crippen molar-refractivity contribution in [1.82, 2.24) is 5.32 Å². The summed E-state index contributed by atoms with van der Waals surface area (Å²) < 4.78 is 51.6. The summed E-state index contributed by atoms with van der Waals surface area (Å²) in [5, 5.41) is 3.05. The van der Waals surface area contributed by atoms with Crippen LogP contribution in [0.4, 0.5) is 14.5 Å². The van der Waals surface area contributed by atoms with E-state index in [1.54, 1.807) is 24.3 Å². The van der Waals surface area contributed by atoms with Gasteiger partial charge in [-0.15, -0.1) is 0 Å². The minimum atomic E-state index is -3.93. The van der Waals surface area contributed by atoms with Crippen molar-refractivity contribution in [2.75, 3.05) is 10.6 Å². The van der Waals surface area contributed by atoms with Crippen LogP contribution in [0, 0.1) is 11.6 Å². The van der Waals surface area contributed by atoms with Gasteiger partial charge in [-0.2, -0.15) is 0 Å². The Hall–Kier alpha value is -2.19. The monoisotopic (exact) mass is 402 g/mol. The first kappa shape index (κ1) is 20.1. The van der Waals surface area contributed by atoms with Crippen LogP contribution in [-0.2, 0) is 21.4 Å². The lowest BCUT2D eigenvalue weighted by Gasteiger charge is -2.28. The van der Waals surface area contributed by atoms with Crippen LogP contribution >= 0.6 is 11.6 Å². The molecule has 1 amide bonds. The molecule has 0 fully saturated rings. The zero-order valence-electron chi connectivity index (χ0n) is 14.0. The number of anilines is 1. The van der Waals surface area contributed by atoms with Gasteiger partial charge in [0.05, 0.1) is 11.9 Å². The van der Waals surface area contributed by atoms with Gasteiger partial charge >= 0.3 is 0 Å². The van der Waals surface area contributed by atoms with Crippen LogP contribution in [-0.4, -0.2) is 26.6 Å². The fourth-order valence-electron chi connectivity index (χ4n) is 2.40. The van der Waals surface area contributed by atoms with Crippen molar-refractivity contribution >= 4 is 33.2 Å². The van der Waals surface area contributed by atoms with Crippen molar-refractivity contribution in [2.45, 2.75) is 19.5 Å². The molecule has 0 bridgehead atoms. The first-order valence-electron chi connectivity index (χ1n) is 7.57. The molecular weight excluding hydrogens is 386 g/mol. The Bertz CT molecular complexity index is 922. The zero-order chi connectivity index (χ0) is 19.5. The Morgan fingerprint density at radius 3 is 2.42 bits per heavy atom. The second-order valence-corrected chi connectivity index (χ2v) is 7.91. The number of nitrogens with zero attached hydrogens (tertiary/aromatic N) is 1. The molecule has 0 unspecified atom stereocenters. The highest BCUT2D eigenvalue weighted by atomic mass is 35.5. The van der Waals surface area contributed by atoms with Gasteiger partial charge in [-0.1, -0.05) is 29.8 Å². The summed E-state index contributed by atoms with van der Waals surface area (Å²) in [6.07, 6.45) is 0.881. The lowest BCUT2D eigenvalue weighted by Crippen LogP contribution is -2.47. The molecule has 2 rings (SSSR count). The summed E-state index contributed by atoms with van der Waals surface area (Å²) in [6.45, 7) is 1.45. The summed E-state index contributed by atoms with van der Waals surface area (Å²) in [7, 11) is -3.93. The van der Waals surface area contributed by atoms with Crippen LogP contribution in [0.3, 0.4) is 0 Å². The van der Waals surface area contributed by atoms with E-state index in [1.807, 2.05) is 0 Å². The standard InChI is InChI=1S/C17H17ClF2N2O3S/c1-11(17(23)21-10-12-5-3-4-6-14(12)18)22(26(2,24)25)13-7-8-15(19)16(20)9-13/h3-9,11H,10H2,1-2H3,(H,21,23)/t11-/m0/s1. The number of carbonyl (C=O) groups is 1. The summed E-state index contributed by atoms with van der Waals surface area (Å²) in [4.78, 5) is 12.4. The number of sulfonamides is 1. The van der Waals surface area contributed by atoms with E-state index in [-0.39, 0.29) is 12.2 Å². The van der Waals surface area contributed by atoms with E-state index in [4.69, 9.17) is 11.6 Å². The third-order valence-electron chi connectivity index (χ3n) is 3.66. The maximum atomic E-state index is 13.5. The summed E-state index contributed by atoms with van der Waals surface area (Å²) in [5.74, 6) is -2.93. The average Bonchev–Trinajstić information content (AvgIpc) is 2.56. The van der Waals surface area contributed by atoms with Crippen molar-refractivity contribution in [1.29, 1.82) is 0 Å². The lowest BCUT2D eigenvalue weighted by atomic mass is 10.2. The maximum Gasteiger partial charge on any atom is 0.243 e. The Morgan fingerprint density at radius 1 is 1.19 bits per heavy atom. The highest BCUT2D eigenvalue weighted by Gasteiger charge is 2.29. The van der Waals surface area contributed by atoms with E-state index in [9.17, 15) is 22.0 Å². The first-order valence-corrected chi connectivity index (χ1v) is 9.79. The fraction of sp³-hybridized carbons (Fsp3) is 0.235. The van der Waals surface area contributed by atoms with E-state index in [1.165, 1.54) is 6.92 Å². The average molecular weight is 403 g/mol. The van der Waals surface area contributed by atoms with E-state index < -0.39 is 33.6 Å². The number of halogens is 3. The molecular formula is C17H17ClF2N2O3S. The minimum absolute atomic E-state index is 0.0955. The van der Waals surface area contributed by atoms with Crippen LogP contribution in [0.1, 0.15) is 12.5 Å². The molecule has 0 aliphatic rings.